The summed E-state index contributed by atoms with van der Waals surface area (Å²) in [5, 5.41) is 8.47. The number of hydrogen-bond acceptors (Lipinski definition) is 1. The molecule has 0 unspecified atom stereocenters. The van der Waals surface area contributed by atoms with E-state index >= 15 is 0 Å². The van der Waals surface area contributed by atoms with Gasteiger partial charge in [-0.1, -0.05) is 0 Å². The SMILES string of the molecule is OCCC12CC1C2. The van der Waals surface area contributed by atoms with E-state index in [9.17, 15) is 0 Å². The van der Waals surface area contributed by atoms with Crippen molar-refractivity contribution in [3.05, 3.63) is 0 Å². The third kappa shape index (κ3) is 0.367. The maximum absolute atomic E-state index is 8.47. The standard InChI is InChI=1S/C6H10O/c7-2-1-6-3-5(6)4-6/h5,7H,1-4H2. The normalized spacial score (nSPS) is 53.6. The average Bonchev–Trinajstić information content (AvgIpc) is 2.22. The van der Waals surface area contributed by atoms with E-state index in [1.807, 2.05) is 0 Å². The van der Waals surface area contributed by atoms with Crippen LogP contribution < -0.4 is 0 Å². The summed E-state index contributed by atoms with van der Waals surface area (Å²) >= 11 is 0. The third-order valence-corrected chi connectivity index (χ3v) is 2.46. The Kier molecular flexibility index (Phi) is 0.487. The molecule has 2 aliphatic carbocycles. The molecule has 0 atom stereocenters. The Morgan fingerprint density at radius 2 is 2.14 bits per heavy atom. The Morgan fingerprint density at radius 3 is 2.29 bits per heavy atom. The van der Waals surface area contributed by atoms with Crippen LogP contribution in [0.15, 0.2) is 0 Å². The first kappa shape index (κ1) is 3.90. The molecule has 0 aromatic rings. The molecular weight excluding hydrogens is 88.1 g/mol. The van der Waals surface area contributed by atoms with Gasteiger partial charge >= 0.3 is 0 Å². The predicted molar refractivity (Wildman–Crippen MR) is 26.9 cm³/mol. The van der Waals surface area contributed by atoms with E-state index in [1.165, 1.54) is 12.8 Å². The van der Waals surface area contributed by atoms with Gasteiger partial charge in [0, 0.05) is 6.61 Å². The fourth-order valence-electron chi connectivity index (χ4n) is 1.43. The lowest BCUT2D eigenvalue weighted by Gasteiger charge is -1.94. The molecule has 2 aliphatic rings. The molecule has 0 bridgehead atoms. The van der Waals surface area contributed by atoms with Crippen molar-refractivity contribution in [3.8, 4) is 0 Å². The first-order valence-corrected chi connectivity index (χ1v) is 2.98. The number of hydrogen-bond donors (Lipinski definition) is 1. The van der Waals surface area contributed by atoms with Crippen molar-refractivity contribution in [1.29, 1.82) is 0 Å². The zero-order valence-electron chi connectivity index (χ0n) is 4.35. The van der Waals surface area contributed by atoms with Crippen LogP contribution >= 0.6 is 0 Å². The fraction of sp³-hybridized carbons (Fsp3) is 1.00. The second-order valence-corrected chi connectivity index (χ2v) is 2.94. The molecule has 0 saturated heterocycles. The average molecular weight is 98.1 g/mol. The molecule has 1 nitrogen and oxygen atoms in total. The summed E-state index contributed by atoms with van der Waals surface area (Å²) in [7, 11) is 0. The molecule has 2 rings (SSSR count). The third-order valence-electron chi connectivity index (χ3n) is 2.46. The zero-order chi connectivity index (χ0) is 4.91. The number of aliphatic hydroxyl groups is 1. The lowest BCUT2D eigenvalue weighted by Crippen LogP contribution is -1.89. The summed E-state index contributed by atoms with van der Waals surface area (Å²) in [5.74, 6) is 1.06. The van der Waals surface area contributed by atoms with Gasteiger partial charge < -0.3 is 5.11 Å². The minimum Gasteiger partial charge on any atom is -0.396 e. The monoisotopic (exact) mass is 98.1 g/mol. The van der Waals surface area contributed by atoms with Gasteiger partial charge in [0.1, 0.15) is 0 Å². The topological polar surface area (TPSA) is 20.2 Å². The molecule has 40 valence electrons. The minimum absolute atomic E-state index is 0.413. The molecule has 7 heavy (non-hydrogen) atoms. The van der Waals surface area contributed by atoms with Crippen LogP contribution in [0.1, 0.15) is 19.3 Å². The highest BCUT2D eigenvalue weighted by molar-refractivity contribution is 5.17. The first-order valence-electron chi connectivity index (χ1n) is 2.98. The van der Waals surface area contributed by atoms with Crippen LogP contribution in [0, 0.1) is 11.3 Å². The molecule has 2 fully saturated rings. The Hall–Kier alpha value is -0.0400. The largest absolute Gasteiger partial charge is 0.396 e. The van der Waals surface area contributed by atoms with Gasteiger partial charge in [-0.25, -0.2) is 0 Å². The molecule has 0 radical (unpaired) electrons. The van der Waals surface area contributed by atoms with Gasteiger partial charge in [-0.2, -0.15) is 0 Å². The van der Waals surface area contributed by atoms with Crippen LogP contribution in [0.4, 0.5) is 0 Å². The lowest BCUT2D eigenvalue weighted by molar-refractivity contribution is 0.267. The van der Waals surface area contributed by atoms with E-state index in [4.69, 9.17) is 5.11 Å². The van der Waals surface area contributed by atoms with Crippen molar-refractivity contribution in [3.63, 3.8) is 0 Å². The number of rotatable bonds is 2. The van der Waals surface area contributed by atoms with E-state index in [-0.39, 0.29) is 0 Å². The van der Waals surface area contributed by atoms with E-state index in [0.717, 1.165) is 17.8 Å². The summed E-state index contributed by atoms with van der Waals surface area (Å²) in [5.41, 5.74) is 0.717. The Balaban J connectivity index is 1.87. The summed E-state index contributed by atoms with van der Waals surface area (Å²) in [4.78, 5) is 0. The second-order valence-electron chi connectivity index (χ2n) is 2.94. The zero-order valence-corrected chi connectivity index (χ0v) is 4.35. The van der Waals surface area contributed by atoms with Gasteiger partial charge in [0.05, 0.1) is 0 Å². The van der Waals surface area contributed by atoms with E-state index in [2.05, 4.69) is 0 Å². The van der Waals surface area contributed by atoms with E-state index in [1.54, 1.807) is 0 Å². The van der Waals surface area contributed by atoms with Crippen molar-refractivity contribution < 1.29 is 5.11 Å². The van der Waals surface area contributed by atoms with Crippen LogP contribution in [0.25, 0.3) is 0 Å². The first-order chi connectivity index (χ1) is 3.37. The smallest absolute Gasteiger partial charge is 0.0436 e. The molecule has 0 aliphatic heterocycles. The Labute approximate surface area is 43.3 Å². The summed E-state index contributed by atoms with van der Waals surface area (Å²) in [6.07, 6.45) is 3.93. The molecule has 0 spiro atoms. The molecule has 0 heterocycles. The molecule has 2 saturated carbocycles. The van der Waals surface area contributed by atoms with Gasteiger partial charge in [-0.3, -0.25) is 0 Å². The van der Waals surface area contributed by atoms with Crippen LogP contribution in [-0.2, 0) is 0 Å². The summed E-state index contributed by atoms with van der Waals surface area (Å²) in [6, 6.07) is 0. The van der Waals surface area contributed by atoms with Crippen molar-refractivity contribution in [2.75, 3.05) is 6.61 Å². The molecule has 0 aromatic carbocycles. The van der Waals surface area contributed by atoms with E-state index < -0.39 is 0 Å². The minimum atomic E-state index is 0.413. The van der Waals surface area contributed by atoms with Gasteiger partial charge in [-0.05, 0) is 30.6 Å². The Morgan fingerprint density at radius 1 is 1.57 bits per heavy atom. The molecule has 1 N–H and O–H groups in total. The molecule has 0 amide bonds. The molecule has 0 aromatic heterocycles. The van der Waals surface area contributed by atoms with Crippen LogP contribution in [-0.4, -0.2) is 11.7 Å². The van der Waals surface area contributed by atoms with Crippen molar-refractivity contribution in [1.82, 2.24) is 0 Å². The van der Waals surface area contributed by atoms with Crippen molar-refractivity contribution in [2.45, 2.75) is 19.3 Å². The molecular formula is C6H10O. The highest BCUT2D eigenvalue weighted by Crippen LogP contribution is 2.77. The number of aliphatic hydroxyl groups excluding tert-OH is 1. The van der Waals surface area contributed by atoms with Gasteiger partial charge in [0.2, 0.25) is 0 Å². The quantitative estimate of drug-likeness (QED) is 0.541. The van der Waals surface area contributed by atoms with E-state index in [0.29, 0.717) is 6.61 Å². The predicted octanol–water partition coefficient (Wildman–Crippen LogP) is 0.779. The summed E-state index contributed by atoms with van der Waals surface area (Å²) in [6.45, 7) is 0.413. The highest BCUT2D eigenvalue weighted by Gasteiger charge is 2.68. The van der Waals surface area contributed by atoms with Crippen molar-refractivity contribution >= 4 is 0 Å². The fourth-order valence-corrected chi connectivity index (χ4v) is 1.43. The van der Waals surface area contributed by atoms with Crippen LogP contribution in [0.2, 0.25) is 0 Å². The van der Waals surface area contributed by atoms with Gasteiger partial charge in [0.25, 0.3) is 0 Å². The maximum Gasteiger partial charge on any atom is 0.0436 e. The summed E-state index contributed by atoms with van der Waals surface area (Å²) < 4.78 is 0. The molecule has 1 heteroatoms. The van der Waals surface area contributed by atoms with Gasteiger partial charge in [0.15, 0.2) is 0 Å². The van der Waals surface area contributed by atoms with Crippen LogP contribution in [0.3, 0.4) is 0 Å². The Bertz CT molecular complexity index is 92.4. The number of fused-ring (bicyclic) bond motifs is 1. The lowest BCUT2D eigenvalue weighted by atomic mass is 10.1. The maximum atomic E-state index is 8.47. The van der Waals surface area contributed by atoms with Crippen molar-refractivity contribution in [2.24, 2.45) is 11.3 Å². The van der Waals surface area contributed by atoms with Crippen LogP contribution in [0.5, 0.6) is 0 Å². The highest BCUT2D eigenvalue weighted by atomic mass is 16.3. The van der Waals surface area contributed by atoms with Gasteiger partial charge in [-0.15, -0.1) is 0 Å². The second kappa shape index (κ2) is 0.873.